The van der Waals surface area contributed by atoms with Crippen molar-refractivity contribution in [3.8, 4) is 11.5 Å². The molecule has 2 N–H and O–H groups in total. The first-order valence-electron chi connectivity index (χ1n) is 10.4. The molecule has 0 saturated carbocycles. The number of likely N-dealkylation sites (N-methyl/N-ethyl adjacent to an activating group) is 1. The second-order valence-corrected chi connectivity index (χ2v) is 8.52. The van der Waals surface area contributed by atoms with Crippen LogP contribution in [0, 0.1) is 5.92 Å². The summed E-state index contributed by atoms with van der Waals surface area (Å²) in [6.07, 6.45) is 6.78. The van der Waals surface area contributed by atoms with Crippen LogP contribution in [-0.4, -0.2) is 49.4 Å². The molecule has 0 aromatic heterocycles. The number of amides is 1. The minimum Gasteiger partial charge on any atom is -0.490 e. The van der Waals surface area contributed by atoms with Crippen LogP contribution in [0.25, 0.3) is 0 Å². The second-order valence-electron chi connectivity index (χ2n) is 8.52. The van der Waals surface area contributed by atoms with Crippen molar-refractivity contribution < 1.29 is 19.0 Å². The van der Waals surface area contributed by atoms with E-state index >= 15 is 0 Å². The van der Waals surface area contributed by atoms with Gasteiger partial charge < -0.3 is 24.8 Å². The smallest absolute Gasteiger partial charge is 0.405 e. The van der Waals surface area contributed by atoms with Gasteiger partial charge in [-0.05, 0) is 50.6 Å². The summed E-state index contributed by atoms with van der Waals surface area (Å²) in [5.74, 6) is 2.00. The number of benzene rings is 1. The fourth-order valence-electron chi connectivity index (χ4n) is 5.88. The Morgan fingerprint density at radius 2 is 2.25 bits per heavy atom. The summed E-state index contributed by atoms with van der Waals surface area (Å²) in [4.78, 5) is 14.0. The maximum absolute atomic E-state index is 11.5. The van der Waals surface area contributed by atoms with Crippen molar-refractivity contribution in [1.82, 2.24) is 4.90 Å². The van der Waals surface area contributed by atoms with Crippen molar-refractivity contribution in [2.45, 2.75) is 56.3 Å². The van der Waals surface area contributed by atoms with Crippen molar-refractivity contribution in [1.29, 1.82) is 0 Å². The molecule has 1 amide bonds. The summed E-state index contributed by atoms with van der Waals surface area (Å²) in [6, 6.07) is 4.68. The second kappa shape index (κ2) is 6.41. The summed E-state index contributed by atoms with van der Waals surface area (Å²) in [5.41, 5.74) is 7.80. The quantitative estimate of drug-likeness (QED) is 0.624. The van der Waals surface area contributed by atoms with Gasteiger partial charge >= 0.3 is 6.09 Å². The molecule has 1 fully saturated rings. The molecule has 2 bridgehead atoms. The number of ether oxygens (including phenoxy) is 3. The fourth-order valence-corrected chi connectivity index (χ4v) is 5.88. The highest BCUT2D eigenvalue weighted by Gasteiger charge is 2.65. The Morgan fingerprint density at radius 3 is 3.04 bits per heavy atom. The van der Waals surface area contributed by atoms with Crippen LogP contribution in [0.5, 0.6) is 11.5 Å². The molecule has 150 valence electrons. The van der Waals surface area contributed by atoms with Crippen LogP contribution >= 0.6 is 0 Å². The van der Waals surface area contributed by atoms with Gasteiger partial charge in [-0.15, -0.1) is 0 Å². The van der Waals surface area contributed by atoms with Crippen molar-refractivity contribution in [3.63, 3.8) is 0 Å². The molecule has 2 aliphatic carbocycles. The van der Waals surface area contributed by atoms with Gasteiger partial charge in [0.25, 0.3) is 0 Å². The Labute approximate surface area is 165 Å². The third kappa shape index (κ3) is 2.33. The average Bonchev–Trinajstić information content (AvgIpc) is 3.02. The lowest BCUT2D eigenvalue weighted by Gasteiger charge is -2.56. The maximum Gasteiger partial charge on any atom is 0.405 e. The van der Waals surface area contributed by atoms with Crippen LogP contribution in [-0.2, 0) is 16.6 Å². The highest BCUT2D eigenvalue weighted by Crippen LogP contribution is 2.62. The Hall–Kier alpha value is -2.21. The van der Waals surface area contributed by atoms with E-state index in [9.17, 15) is 4.79 Å². The molecule has 6 nitrogen and oxygen atoms in total. The Balaban J connectivity index is 1.63. The summed E-state index contributed by atoms with van der Waals surface area (Å²) < 4.78 is 18.1. The van der Waals surface area contributed by atoms with Gasteiger partial charge in [-0.25, -0.2) is 4.79 Å². The monoisotopic (exact) mass is 384 g/mol. The summed E-state index contributed by atoms with van der Waals surface area (Å²) in [5, 5.41) is 0. The van der Waals surface area contributed by atoms with E-state index in [0.717, 1.165) is 43.7 Å². The van der Waals surface area contributed by atoms with Gasteiger partial charge in [0.1, 0.15) is 6.10 Å². The van der Waals surface area contributed by atoms with Gasteiger partial charge in [0.2, 0.25) is 0 Å². The normalized spacial score (nSPS) is 34.5. The number of likely N-dealkylation sites (tertiary alicyclic amines) is 1. The Kier molecular flexibility index (Phi) is 4.09. The van der Waals surface area contributed by atoms with E-state index < -0.39 is 12.2 Å². The average molecular weight is 384 g/mol. The number of rotatable bonds is 5. The van der Waals surface area contributed by atoms with Crippen LogP contribution in [0.4, 0.5) is 4.79 Å². The zero-order valence-electron chi connectivity index (χ0n) is 16.5. The predicted molar refractivity (Wildman–Crippen MR) is 105 cm³/mol. The van der Waals surface area contributed by atoms with Crippen LogP contribution < -0.4 is 15.2 Å². The van der Waals surface area contributed by atoms with E-state index in [1.165, 1.54) is 11.1 Å². The highest BCUT2D eigenvalue weighted by atomic mass is 16.6. The fraction of sp³-hybridized carbons (Fsp3) is 0.591. The zero-order chi connectivity index (χ0) is 19.5. The number of primary amides is 1. The number of hydrogen-bond acceptors (Lipinski definition) is 5. The van der Waals surface area contributed by atoms with Crippen LogP contribution in [0.3, 0.4) is 0 Å². The molecule has 2 aliphatic heterocycles. The lowest BCUT2D eigenvalue weighted by molar-refractivity contribution is -0.0484. The van der Waals surface area contributed by atoms with E-state index in [0.29, 0.717) is 18.6 Å². The van der Waals surface area contributed by atoms with E-state index in [-0.39, 0.29) is 11.5 Å². The third-order valence-electron chi connectivity index (χ3n) is 7.12. The van der Waals surface area contributed by atoms with E-state index in [4.69, 9.17) is 19.9 Å². The first-order valence-corrected chi connectivity index (χ1v) is 10.4. The molecular weight excluding hydrogens is 356 g/mol. The standard InChI is InChI=1S/C22H28N2O4/c1-3-4-11-26-16-7-5-13-12-15-14-6-8-17(27-21(23)25)20-22(14,9-10-24(15)2)18(13)19(16)28-20/h5-8,14-15,17,20H,3-4,9-12H2,1-2H3,(H2,23,25)/t14-,15+,17-,20-,22-/m0/s1. The number of hydrogen-bond donors (Lipinski definition) is 1. The van der Waals surface area contributed by atoms with E-state index in [2.05, 4.69) is 31.0 Å². The molecule has 6 heteroatoms. The minimum absolute atomic E-state index is 0.181. The predicted octanol–water partition coefficient (Wildman–Crippen LogP) is 2.77. The molecule has 0 unspecified atom stereocenters. The SMILES string of the molecule is CCCCOc1ccc2c3c1O[C@H]1[C@@H](OC(N)=O)C=C[C@H]4[C@@H](C2)N(C)CC[C@@]341. The van der Waals surface area contributed by atoms with Gasteiger partial charge in [-0.1, -0.05) is 25.5 Å². The summed E-state index contributed by atoms with van der Waals surface area (Å²) in [7, 11) is 2.20. The molecule has 1 aromatic rings. The maximum atomic E-state index is 11.5. The van der Waals surface area contributed by atoms with Crippen LogP contribution in [0.2, 0.25) is 0 Å². The van der Waals surface area contributed by atoms with Crippen molar-refractivity contribution in [2.75, 3.05) is 20.2 Å². The lowest BCUT2D eigenvalue weighted by atomic mass is 9.53. The highest BCUT2D eigenvalue weighted by molar-refractivity contribution is 5.66. The lowest BCUT2D eigenvalue weighted by Crippen LogP contribution is -2.65. The molecule has 1 spiro atoms. The molecule has 2 heterocycles. The molecule has 1 saturated heterocycles. The number of nitrogens with zero attached hydrogens (tertiary/aromatic N) is 1. The molecule has 0 radical (unpaired) electrons. The van der Waals surface area contributed by atoms with Gasteiger partial charge in [0.15, 0.2) is 17.6 Å². The van der Waals surface area contributed by atoms with Gasteiger partial charge in [-0.2, -0.15) is 0 Å². The van der Waals surface area contributed by atoms with Crippen molar-refractivity contribution in [3.05, 3.63) is 35.4 Å². The topological polar surface area (TPSA) is 74.0 Å². The molecule has 5 rings (SSSR count). The zero-order valence-corrected chi connectivity index (χ0v) is 16.5. The molecule has 4 aliphatic rings. The minimum atomic E-state index is -0.760. The van der Waals surface area contributed by atoms with E-state index in [1.807, 2.05) is 12.1 Å². The molecular formula is C22H28N2O4. The third-order valence-corrected chi connectivity index (χ3v) is 7.12. The van der Waals surface area contributed by atoms with Crippen molar-refractivity contribution >= 4 is 6.09 Å². The molecule has 1 aromatic carbocycles. The largest absolute Gasteiger partial charge is 0.490 e. The summed E-state index contributed by atoms with van der Waals surface area (Å²) in [6.45, 7) is 3.83. The van der Waals surface area contributed by atoms with Crippen molar-refractivity contribution in [2.24, 2.45) is 11.7 Å². The Bertz CT molecular complexity index is 838. The van der Waals surface area contributed by atoms with Crippen LogP contribution in [0.1, 0.15) is 37.3 Å². The molecule has 5 atom stereocenters. The number of carbonyl (C=O) groups is 1. The number of piperidine rings is 1. The molecule has 28 heavy (non-hydrogen) atoms. The van der Waals surface area contributed by atoms with Gasteiger partial charge in [0, 0.05) is 22.9 Å². The summed E-state index contributed by atoms with van der Waals surface area (Å²) >= 11 is 0. The Morgan fingerprint density at radius 1 is 1.39 bits per heavy atom. The number of carbonyl (C=O) groups excluding carboxylic acids is 1. The first kappa shape index (κ1) is 17.9. The first-order chi connectivity index (χ1) is 13.6. The van der Waals surface area contributed by atoms with Gasteiger partial charge in [-0.3, -0.25) is 0 Å². The van der Waals surface area contributed by atoms with Crippen LogP contribution in [0.15, 0.2) is 24.3 Å². The number of nitrogens with two attached hydrogens (primary N) is 1. The van der Waals surface area contributed by atoms with E-state index in [1.54, 1.807) is 0 Å². The number of unbranched alkanes of at least 4 members (excludes halogenated alkanes) is 1. The van der Waals surface area contributed by atoms with Gasteiger partial charge in [0.05, 0.1) is 6.61 Å².